The van der Waals surface area contributed by atoms with Crippen LogP contribution in [0.3, 0.4) is 0 Å². The van der Waals surface area contributed by atoms with Crippen molar-refractivity contribution in [3.8, 4) is 0 Å². The second-order valence-electron chi connectivity index (χ2n) is 15.0. The van der Waals surface area contributed by atoms with Crippen LogP contribution >= 0.6 is 0 Å². The van der Waals surface area contributed by atoms with Gasteiger partial charge in [-0.15, -0.1) is 0 Å². The number of para-hydroxylation sites is 1. The molecule has 1 aromatic heterocycles. The summed E-state index contributed by atoms with van der Waals surface area (Å²) < 4.78 is 62.7. The smallest absolute Gasteiger partial charge is 0.417 e. The van der Waals surface area contributed by atoms with E-state index in [1.807, 2.05) is 37.3 Å². The van der Waals surface area contributed by atoms with Gasteiger partial charge in [-0.25, -0.2) is 4.39 Å². The lowest BCUT2D eigenvalue weighted by Gasteiger charge is -2.42. The molecule has 2 N–H and O–H groups in total. The molecular formula is C41H51F4N5O2. The van der Waals surface area contributed by atoms with Crippen molar-refractivity contribution in [2.24, 2.45) is 23.2 Å². The van der Waals surface area contributed by atoms with Gasteiger partial charge in [0, 0.05) is 18.8 Å². The summed E-state index contributed by atoms with van der Waals surface area (Å²) in [6.45, 7) is 7.61. The van der Waals surface area contributed by atoms with Crippen LogP contribution in [0.25, 0.3) is 0 Å². The van der Waals surface area contributed by atoms with Gasteiger partial charge in [-0.3, -0.25) is 9.69 Å². The van der Waals surface area contributed by atoms with E-state index in [1.165, 1.54) is 11.6 Å². The Morgan fingerprint density at radius 3 is 2.62 bits per heavy atom. The zero-order valence-electron chi connectivity index (χ0n) is 30.2. The number of nitrogens with zero attached hydrogens (tertiary/aromatic N) is 3. The maximum atomic E-state index is 14.3. The van der Waals surface area contributed by atoms with Crippen LogP contribution in [0.5, 0.6) is 0 Å². The zero-order chi connectivity index (χ0) is 36.7. The highest BCUT2D eigenvalue weighted by molar-refractivity contribution is 5.94. The molecule has 0 saturated carbocycles. The minimum absolute atomic E-state index is 0.0502. The molecule has 0 radical (unpaired) electrons. The number of carbonyl (C=O) groups excluding carboxylic acids is 1. The normalized spacial score (nSPS) is 26.3. The van der Waals surface area contributed by atoms with E-state index in [1.54, 1.807) is 23.1 Å². The van der Waals surface area contributed by atoms with Gasteiger partial charge in [-0.1, -0.05) is 74.9 Å². The topological polar surface area (TPSA) is 73.6 Å². The maximum absolute atomic E-state index is 14.3. The lowest BCUT2D eigenvalue weighted by molar-refractivity contribution is -0.141. The Balaban J connectivity index is 1.11. The first kappa shape index (κ1) is 37.6. The standard InChI is InChI=1S/C41H51F4N5O2/c1-29-17-18-31(30-12-6-9-23-49(24-10-13-30)28-46-35-16-5-4-15-34(35)42)19-20-33(26-29)47-38(51)36-37(41(43,44)45)48-39(52-36)50-25-11-14-32(27-50)40(2)21-7-3-8-22-40/h3-5,7-8,15-16,18-21,26,29-30,32,46H,6,9-14,17,22-25,27-28H2,1-2H3,(H,47,51). The van der Waals surface area contributed by atoms with Crippen LogP contribution in [0.4, 0.5) is 29.3 Å². The van der Waals surface area contributed by atoms with Gasteiger partial charge in [0.25, 0.3) is 11.9 Å². The molecule has 0 spiro atoms. The zero-order valence-corrected chi connectivity index (χ0v) is 30.2. The first-order chi connectivity index (χ1) is 25.0. The number of hydrogen-bond acceptors (Lipinski definition) is 6. The van der Waals surface area contributed by atoms with Crippen molar-refractivity contribution in [1.82, 2.24) is 15.2 Å². The lowest BCUT2D eigenvalue weighted by atomic mass is 9.69. The monoisotopic (exact) mass is 721 g/mol. The molecule has 6 rings (SSSR count). The fraction of sp³-hybridized carbons (Fsp3) is 0.512. The van der Waals surface area contributed by atoms with Gasteiger partial charge in [0.05, 0.1) is 12.4 Å². The van der Waals surface area contributed by atoms with Crippen LogP contribution in [0.1, 0.15) is 87.9 Å². The SMILES string of the molecule is CC1C=C(NC(=O)c2oc(N3CCCC(C4(C)C=CC=CC4)C3)nc2C(F)(F)F)C=CC(C2CCCCN(CNc3ccccc3F)CCC2)=CC1. The van der Waals surface area contributed by atoms with Crippen LogP contribution in [-0.2, 0) is 6.18 Å². The Bertz CT molecular complexity index is 1710. The molecule has 4 atom stereocenters. The summed E-state index contributed by atoms with van der Waals surface area (Å²) in [5.41, 5.74) is 0.710. The lowest BCUT2D eigenvalue weighted by Crippen LogP contribution is -2.42. The number of allylic oxidation sites excluding steroid dienone is 9. The minimum atomic E-state index is -4.86. The van der Waals surface area contributed by atoms with Gasteiger partial charge in [-0.2, -0.15) is 18.2 Å². The molecule has 4 aliphatic rings. The Labute approximate surface area is 304 Å². The Morgan fingerprint density at radius 1 is 1.04 bits per heavy atom. The van der Waals surface area contributed by atoms with Crippen molar-refractivity contribution in [2.75, 3.05) is 43.1 Å². The molecule has 0 bridgehead atoms. The van der Waals surface area contributed by atoms with Gasteiger partial charge in [0.1, 0.15) is 5.82 Å². The molecule has 2 aromatic rings. The Morgan fingerprint density at radius 2 is 1.83 bits per heavy atom. The van der Waals surface area contributed by atoms with Gasteiger partial charge >= 0.3 is 6.18 Å². The van der Waals surface area contributed by atoms with Crippen molar-refractivity contribution in [3.05, 3.63) is 101 Å². The van der Waals surface area contributed by atoms with E-state index < -0.39 is 23.5 Å². The van der Waals surface area contributed by atoms with E-state index in [2.05, 4.69) is 45.7 Å². The number of piperidine rings is 1. The molecule has 52 heavy (non-hydrogen) atoms. The second kappa shape index (κ2) is 16.7. The maximum Gasteiger partial charge on any atom is 0.437 e. The average Bonchev–Trinajstić information content (AvgIpc) is 3.62. The molecule has 7 nitrogen and oxygen atoms in total. The molecule has 1 amide bonds. The first-order valence-corrected chi connectivity index (χ1v) is 18.8. The van der Waals surface area contributed by atoms with Crippen LogP contribution in [0.2, 0.25) is 0 Å². The molecule has 2 saturated heterocycles. The first-order valence-electron chi connectivity index (χ1n) is 18.8. The van der Waals surface area contributed by atoms with Gasteiger partial charge < -0.3 is 20.0 Å². The van der Waals surface area contributed by atoms with Crippen LogP contribution in [-0.4, -0.2) is 48.6 Å². The van der Waals surface area contributed by atoms with E-state index in [9.17, 15) is 22.4 Å². The number of carbonyl (C=O) groups is 1. The predicted molar refractivity (Wildman–Crippen MR) is 197 cm³/mol. The third-order valence-electron chi connectivity index (χ3n) is 11.0. The number of alkyl halides is 3. The summed E-state index contributed by atoms with van der Waals surface area (Å²) in [6.07, 6.45) is 19.8. The van der Waals surface area contributed by atoms with Crippen molar-refractivity contribution >= 4 is 17.6 Å². The fourth-order valence-corrected chi connectivity index (χ4v) is 7.94. The highest BCUT2D eigenvalue weighted by Crippen LogP contribution is 2.42. The van der Waals surface area contributed by atoms with Gasteiger partial charge in [0.2, 0.25) is 5.76 Å². The van der Waals surface area contributed by atoms with Gasteiger partial charge in [0.15, 0.2) is 5.69 Å². The molecule has 2 aliphatic heterocycles. The third kappa shape index (κ3) is 9.45. The van der Waals surface area contributed by atoms with E-state index in [0.717, 1.165) is 70.9 Å². The Hall–Kier alpha value is -4.12. The predicted octanol–water partition coefficient (Wildman–Crippen LogP) is 9.66. The summed E-state index contributed by atoms with van der Waals surface area (Å²) >= 11 is 0. The van der Waals surface area contributed by atoms with Crippen LogP contribution < -0.4 is 15.5 Å². The molecule has 280 valence electrons. The number of benzene rings is 1. The molecule has 1 aromatic carbocycles. The van der Waals surface area contributed by atoms with Gasteiger partial charge in [-0.05, 0) is 111 Å². The molecule has 2 aliphatic carbocycles. The van der Waals surface area contributed by atoms with Crippen molar-refractivity contribution < 1.29 is 26.8 Å². The van der Waals surface area contributed by atoms with Crippen molar-refractivity contribution in [1.29, 1.82) is 0 Å². The van der Waals surface area contributed by atoms with Crippen molar-refractivity contribution in [3.63, 3.8) is 0 Å². The number of hydrogen-bond donors (Lipinski definition) is 2. The number of halogens is 4. The fourth-order valence-electron chi connectivity index (χ4n) is 7.94. The van der Waals surface area contributed by atoms with Crippen LogP contribution in [0, 0.1) is 29.0 Å². The minimum Gasteiger partial charge on any atom is -0.417 e. The molecular weight excluding hydrogens is 670 g/mol. The molecule has 2 fully saturated rings. The molecule has 3 heterocycles. The number of oxazole rings is 1. The second-order valence-corrected chi connectivity index (χ2v) is 15.0. The summed E-state index contributed by atoms with van der Waals surface area (Å²) in [4.78, 5) is 21.5. The summed E-state index contributed by atoms with van der Waals surface area (Å²) in [5, 5.41) is 5.95. The van der Waals surface area contributed by atoms with E-state index in [0.29, 0.717) is 37.1 Å². The third-order valence-corrected chi connectivity index (χ3v) is 11.0. The molecule has 11 heteroatoms. The quantitative estimate of drug-likeness (QED) is 0.265. The number of rotatable bonds is 8. The summed E-state index contributed by atoms with van der Waals surface area (Å²) in [7, 11) is 0. The molecule has 4 unspecified atom stereocenters. The van der Waals surface area contributed by atoms with Crippen molar-refractivity contribution in [2.45, 2.75) is 77.8 Å². The average molecular weight is 722 g/mol. The number of aromatic nitrogens is 1. The van der Waals surface area contributed by atoms with E-state index in [-0.39, 0.29) is 29.1 Å². The summed E-state index contributed by atoms with van der Waals surface area (Å²) in [6, 6.07) is 6.54. The van der Waals surface area contributed by atoms with E-state index in [4.69, 9.17) is 4.42 Å². The largest absolute Gasteiger partial charge is 0.437 e. The van der Waals surface area contributed by atoms with Crippen LogP contribution in [0.15, 0.2) is 88.6 Å². The number of nitrogens with one attached hydrogen (secondary N) is 2. The highest BCUT2D eigenvalue weighted by Gasteiger charge is 2.43. The highest BCUT2D eigenvalue weighted by atomic mass is 19.4. The number of anilines is 2. The summed E-state index contributed by atoms with van der Waals surface area (Å²) in [5.74, 6) is -1.46. The Kier molecular flexibility index (Phi) is 12.1. The van der Waals surface area contributed by atoms with E-state index >= 15 is 0 Å². The number of amides is 1.